The summed E-state index contributed by atoms with van der Waals surface area (Å²) in [4.78, 5) is 13.2. The van der Waals surface area contributed by atoms with Gasteiger partial charge in [0, 0.05) is 12.4 Å². The Balaban J connectivity index is 1.58. The van der Waals surface area contributed by atoms with E-state index in [0.717, 1.165) is 41.2 Å². The number of ether oxygens (including phenoxy) is 1. The number of imidazole rings is 1. The molecular formula is C16H15FN4OS. The summed E-state index contributed by atoms with van der Waals surface area (Å²) >= 11 is 1.57. The third-order valence-corrected chi connectivity index (χ3v) is 4.88. The normalized spacial score (nSPS) is 17.9. The van der Waals surface area contributed by atoms with Crippen molar-refractivity contribution >= 4 is 22.9 Å². The van der Waals surface area contributed by atoms with Gasteiger partial charge in [-0.3, -0.25) is 4.57 Å². The van der Waals surface area contributed by atoms with Crippen LogP contribution < -0.4 is 0 Å². The van der Waals surface area contributed by atoms with E-state index < -0.39 is 0 Å². The van der Waals surface area contributed by atoms with Crippen LogP contribution in [0.2, 0.25) is 0 Å². The molecule has 3 aromatic rings. The average molecular weight is 330 g/mol. The molecule has 1 atom stereocenters. The number of hydrogen-bond acceptors (Lipinski definition) is 5. The molecule has 4 rings (SSSR count). The SMILES string of the molecule is Fc1ccc(CSc2ncnc3c2ncn3[C@H]2CCCO2)cc1. The van der Waals surface area contributed by atoms with E-state index in [2.05, 4.69) is 15.0 Å². The van der Waals surface area contributed by atoms with Crippen LogP contribution in [-0.2, 0) is 10.5 Å². The molecule has 1 fully saturated rings. The largest absolute Gasteiger partial charge is 0.358 e. The molecule has 0 N–H and O–H groups in total. The monoisotopic (exact) mass is 330 g/mol. The highest BCUT2D eigenvalue weighted by Gasteiger charge is 2.21. The van der Waals surface area contributed by atoms with Crippen molar-refractivity contribution in [2.45, 2.75) is 29.8 Å². The second-order valence-electron chi connectivity index (χ2n) is 5.39. The van der Waals surface area contributed by atoms with Crippen LogP contribution in [0.4, 0.5) is 4.39 Å². The van der Waals surface area contributed by atoms with E-state index in [-0.39, 0.29) is 12.0 Å². The molecule has 1 aromatic carbocycles. The first kappa shape index (κ1) is 14.6. The van der Waals surface area contributed by atoms with Crippen LogP contribution in [0, 0.1) is 5.82 Å². The summed E-state index contributed by atoms with van der Waals surface area (Å²) in [5, 5.41) is 0.830. The lowest BCUT2D eigenvalue weighted by atomic mass is 10.2. The van der Waals surface area contributed by atoms with E-state index in [0.29, 0.717) is 5.75 Å². The fourth-order valence-electron chi connectivity index (χ4n) is 2.66. The Labute approximate surface area is 136 Å². The van der Waals surface area contributed by atoms with Crippen molar-refractivity contribution in [2.24, 2.45) is 0 Å². The Morgan fingerprint density at radius 1 is 1.22 bits per heavy atom. The Hall–Kier alpha value is -1.99. The number of fused-ring (bicyclic) bond motifs is 1. The zero-order valence-corrected chi connectivity index (χ0v) is 13.2. The summed E-state index contributed by atoms with van der Waals surface area (Å²) < 4.78 is 20.6. The van der Waals surface area contributed by atoms with Crippen LogP contribution in [-0.4, -0.2) is 26.1 Å². The topological polar surface area (TPSA) is 52.8 Å². The summed E-state index contributed by atoms with van der Waals surface area (Å²) in [5.74, 6) is 0.484. The molecule has 5 nitrogen and oxygen atoms in total. The van der Waals surface area contributed by atoms with Crippen molar-refractivity contribution in [2.75, 3.05) is 6.61 Å². The number of hydrogen-bond donors (Lipinski definition) is 0. The van der Waals surface area contributed by atoms with E-state index in [1.54, 1.807) is 36.5 Å². The first-order valence-corrected chi connectivity index (χ1v) is 8.46. The lowest BCUT2D eigenvalue weighted by Gasteiger charge is -2.11. The van der Waals surface area contributed by atoms with Gasteiger partial charge >= 0.3 is 0 Å². The predicted molar refractivity (Wildman–Crippen MR) is 85.5 cm³/mol. The van der Waals surface area contributed by atoms with E-state index in [4.69, 9.17) is 4.74 Å². The number of nitrogens with zero attached hydrogens (tertiary/aromatic N) is 4. The molecule has 1 aliphatic rings. The van der Waals surface area contributed by atoms with Gasteiger partial charge in [-0.1, -0.05) is 23.9 Å². The van der Waals surface area contributed by atoms with Crippen molar-refractivity contribution in [3.8, 4) is 0 Å². The number of thioether (sulfide) groups is 1. The van der Waals surface area contributed by atoms with Crippen molar-refractivity contribution in [1.82, 2.24) is 19.5 Å². The standard InChI is InChI=1S/C16H15FN4OS/c17-12-5-3-11(4-6-12)8-23-16-14-15(18-9-19-16)21(10-20-14)13-2-1-7-22-13/h3-6,9-10,13H,1-2,7-8H2/t13-/m1/s1. The van der Waals surface area contributed by atoms with Crippen LogP contribution in [0.1, 0.15) is 24.6 Å². The Morgan fingerprint density at radius 3 is 2.87 bits per heavy atom. The minimum absolute atomic E-state index is 0.0184. The van der Waals surface area contributed by atoms with Gasteiger partial charge in [-0.2, -0.15) is 0 Å². The van der Waals surface area contributed by atoms with Gasteiger partial charge in [0.15, 0.2) is 5.65 Å². The molecule has 1 aliphatic heterocycles. The summed E-state index contributed by atoms with van der Waals surface area (Å²) in [6, 6.07) is 6.51. The van der Waals surface area contributed by atoms with Gasteiger partial charge in [0.2, 0.25) is 0 Å². The maximum Gasteiger partial charge on any atom is 0.166 e. The van der Waals surface area contributed by atoms with Crippen LogP contribution in [0.5, 0.6) is 0 Å². The highest BCUT2D eigenvalue weighted by Crippen LogP contribution is 2.30. The predicted octanol–water partition coefficient (Wildman–Crippen LogP) is 3.57. The molecule has 0 saturated carbocycles. The molecule has 0 unspecified atom stereocenters. The molecule has 23 heavy (non-hydrogen) atoms. The highest BCUT2D eigenvalue weighted by atomic mass is 32.2. The van der Waals surface area contributed by atoms with E-state index in [1.807, 2.05) is 4.57 Å². The summed E-state index contributed by atoms with van der Waals surface area (Å²) in [5.41, 5.74) is 2.63. The minimum atomic E-state index is -0.224. The molecule has 0 amide bonds. The van der Waals surface area contributed by atoms with Crippen molar-refractivity contribution < 1.29 is 9.13 Å². The number of benzene rings is 1. The van der Waals surface area contributed by atoms with Gasteiger partial charge in [-0.25, -0.2) is 19.3 Å². The lowest BCUT2D eigenvalue weighted by molar-refractivity contribution is 0.0593. The molecule has 118 valence electrons. The summed E-state index contributed by atoms with van der Waals surface area (Å²) in [7, 11) is 0. The molecule has 0 aliphatic carbocycles. The zero-order chi connectivity index (χ0) is 15.6. The van der Waals surface area contributed by atoms with Crippen molar-refractivity contribution in [1.29, 1.82) is 0 Å². The number of rotatable bonds is 4. The van der Waals surface area contributed by atoms with Gasteiger partial charge in [-0.15, -0.1) is 0 Å². The zero-order valence-electron chi connectivity index (χ0n) is 12.4. The van der Waals surface area contributed by atoms with Crippen molar-refractivity contribution in [3.63, 3.8) is 0 Å². The molecule has 2 aromatic heterocycles. The van der Waals surface area contributed by atoms with Gasteiger partial charge < -0.3 is 4.74 Å². The van der Waals surface area contributed by atoms with Gasteiger partial charge in [-0.05, 0) is 30.5 Å². The Kier molecular flexibility index (Phi) is 3.97. The minimum Gasteiger partial charge on any atom is -0.358 e. The Bertz CT molecular complexity index is 815. The fourth-order valence-corrected chi connectivity index (χ4v) is 3.56. The van der Waals surface area contributed by atoms with Crippen LogP contribution in [0.3, 0.4) is 0 Å². The summed E-state index contributed by atoms with van der Waals surface area (Å²) in [6.45, 7) is 0.779. The van der Waals surface area contributed by atoms with E-state index in [1.165, 1.54) is 12.1 Å². The summed E-state index contributed by atoms with van der Waals surface area (Å²) in [6.07, 6.45) is 5.39. The Morgan fingerprint density at radius 2 is 2.09 bits per heavy atom. The first-order chi connectivity index (χ1) is 11.3. The molecule has 1 saturated heterocycles. The van der Waals surface area contributed by atoms with Crippen LogP contribution in [0.15, 0.2) is 41.9 Å². The molecule has 7 heteroatoms. The average Bonchev–Trinajstić information content (AvgIpc) is 3.23. The highest BCUT2D eigenvalue weighted by molar-refractivity contribution is 7.98. The number of halogens is 1. The molecular weight excluding hydrogens is 315 g/mol. The maximum absolute atomic E-state index is 13.0. The fraction of sp³-hybridized carbons (Fsp3) is 0.312. The second kappa shape index (κ2) is 6.25. The van der Waals surface area contributed by atoms with Gasteiger partial charge in [0.25, 0.3) is 0 Å². The van der Waals surface area contributed by atoms with Crippen LogP contribution in [0.25, 0.3) is 11.2 Å². The maximum atomic E-state index is 13.0. The molecule has 3 heterocycles. The first-order valence-electron chi connectivity index (χ1n) is 7.47. The van der Waals surface area contributed by atoms with Crippen LogP contribution >= 0.6 is 11.8 Å². The van der Waals surface area contributed by atoms with Crippen molar-refractivity contribution in [3.05, 3.63) is 48.3 Å². The molecule has 0 radical (unpaired) electrons. The molecule has 0 spiro atoms. The third-order valence-electron chi connectivity index (χ3n) is 3.83. The molecule has 0 bridgehead atoms. The smallest absolute Gasteiger partial charge is 0.166 e. The van der Waals surface area contributed by atoms with E-state index in [9.17, 15) is 4.39 Å². The quantitative estimate of drug-likeness (QED) is 0.541. The van der Waals surface area contributed by atoms with E-state index >= 15 is 0 Å². The van der Waals surface area contributed by atoms with Gasteiger partial charge in [0.05, 0.1) is 6.33 Å². The third kappa shape index (κ3) is 2.94. The second-order valence-corrected chi connectivity index (χ2v) is 6.35. The lowest BCUT2D eigenvalue weighted by Crippen LogP contribution is -2.06. The van der Waals surface area contributed by atoms with Gasteiger partial charge in [0.1, 0.15) is 28.9 Å². The number of aromatic nitrogens is 4.